The molecule has 6 rings (SSSR count). The molecule has 170 valence electrons. The van der Waals surface area contributed by atoms with E-state index in [1.54, 1.807) is 29.9 Å². The molecule has 0 spiro atoms. The van der Waals surface area contributed by atoms with E-state index in [0.29, 0.717) is 29.0 Å². The molecule has 10 heteroatoms. The van der Waals surface area contributed by atoms with Gasteiger partial charge in [-0.15, -0.1) is 5.10 Å². The molecule has 0 radical (unpaired) electrons. The fraction of sp³-hybridized carbons (Fsp3) is 0.348. The van der Waals surface area contributed by atoms with Crippen LogP contribution in [0.1, 0.15) is 18.5 Å². The van der Waals surface area contributed by atoms with Crippen molar-refractivity contribution in [3.8, 4) is 11.1 Å². The molecule has 3 aromatic heterocycles. The first-order valence-electron chi connectivity index (χ1n) is 10.9. The maximum Gasteiger partial charge on any atom is 0.243 e. The Morgan fingerprint density at radius 1 is 1.03 bits per heavy atom. The molecule has 1 aliphatic heterocycles. The number of hydrogen-bond donors (Lipinski definition) is 1. The Morgan fingerprint density at radius 2 is 1.82 bits per heavy atom. The number of nitrogens with zero attached hydrogens (tertiary/aromatic N) is 5. The first kappa shape index (κ1) is 20.5. The molecule has 1 aliphatic carbocycles. The van der Waals surface area contributed by atoms with Crippen LogP contribution in [0.4, 0.5) is 24.1 Å². The second-order valence-corrected chi connectivity index (χ2v) is 9.61. The lowest BCUT2D eigenvalue weighted by atomic mass is 9.92. The number of nitrogens with one attached hydrogen (secondary N) is 1. The minimum Gasteiger partial charge on any atom is -0.361 e. The minimum atomic E-state index is -1.49. The number of halogens is 3. The first-order chi connectivity index (χ1) is 16.0. The average Bonchev–Trinajstić information content (AvgIpc) is 3.48. The zero-order valence-corrected chi connectivity index (χ0v) is 18.6. The van der Waals surface area contributed by atoms with E-state index < -0.39 is 17.5 Å². The number of rotatable bonds is 4. The molecule has 1 saturated carbocycles. The predicted octanol–water partition coefficient (Wildman–Crippen LogP) is 4.91. The molecular weight excluding hydrogens is 449 g/mol. The summed E-state index contributed by atoms with van der Waals surface area (Å²) in [4.78, 5) is 7.01. The zero-order valence-electron chi connectivity index (χ0n) is 17.8. The van der Waals surface area contributed by atoms with Crippen molar-refractivity contribution in [2.75, 3.05) is 23.3 Å². The summed E-state index contributed by atoms with van der Waals surface area (Å²) in [6.07, 6.45) is 3.97. The standard InChI is InChI=1S/C23H21F3N6S/c1-12-9-18(33-30-12)31-10-13-4-5-14(11-31)21(13)27-23-28-22-16(3-2-8-32(22)29-23)15-6-7-17(24)20(26)19(15)25/h2-3,6-9,13-14,21H,4-5,10-11H2,1H3,(H,27,29)/t13-,14+,21?. The van der Waals surface area contributed by atoms with Gasteiger partial charge in [0.15, 0.2) is 23.1 Å². The third kappa shape index (κ3) is 3.43. The SMILES string of the molecule is Cc1cc(N2C[C@H]3CC[C@@H](C2)C3Nc2nc3c(-c4ccc(F)c(F)c4F)cccn3n2)sn1. The fourth-order valence-corrected chi connectivity index (χ4v) is 5.98. The van der Waals surface area contributed by atoms with Crippen molar-refractivity contribution >= 4 is 28.1 Å². The summed E-state index contributed by atoms with van der Waals surface area (Å²) in [5, 5.41) is 9.25. The number of aryl methyl sites for hydroxylation is 1. The normalized spacial score (nSPS) is 22.3. The van der Waals surface area contributed by atoms with Gasteiger partial charge in [-0.2, -0.15) is 9.36 Å². The van der Waals surface area contributed by atoms with E-state index in [1.807, 2.05) is 6.92 Å². The topological polar surface area (TPSA) is 58.4 Å². The Labute approximate surface area is 192 Å². The van der Waals surface area contributed by atoms with Crippen molar-refractivity contribution in [2.45, 2.75) is 25.8 Å². The van der Waals surface area contributed by atoms with Crippen LogP contribution in [-0.2, 0) is 0 Å². The lowest BCUT2D eigenvalue weighted by molar-refractivity contribution is 0.377. The van der Waals surface area contributed by atoms with Gasteiger partial charge < -0.3 is 10.2 Å². The van der Waals surface area contributed by atoms with Crippen LogP contribution in [0.3, 0.4) is 0 Å². The quantitative estimate of drug-likeness (QED) is 0.430. The van der Waals surface area contributed by atoms with Crippen molar-refractivity contribution in [3.63, 3.8) is 0 Å². The summed E-state index contributed by atoms with van der Waals surface area (Å²) in [5.74, 6) is -2.57. The van der Waals surface area contributed by atoms with Gasteiger partial charge in [0.25, 0.3) is 0 Å². The molecular formula is C23H21F3N6S. The van der Waals surface area contributed by atoms with E-state index in [2.05, 4.69) is 30.7 Å². The number of hydrogen-bond acceptors (Lipinski definition) is 6. The highest BCUT2D eigenvalue weighted by Gasteiger charge is 2.43. The van der Waals surface area contributed by atoms with Crippen LogP contribution in [0.25, 0.3) is 16.8 Å². The first-order valence-corrected chi connectivity index (χ1v) is 11.7. The molecule has 2 bridgehead atoms. The highest BCUT2D eigenvalue weighted by atomic mass is 32.1. The Morgan fingerprint density at radius 3 is 2.55 bits per heavy atom. The van der Waals surface area contributed by atoms with Crippen LogP contribution in [0, 0.1) is 36.2 Å². The maximum atomic E-state index is 14.4. The minimum absolute atomic E-state index is 0.0494. The number of pyridine rings is 1. The largest absolute Gasteiger partial charge is 0.361 e. The smallest absolute Gasteiger partial charge is 0.243 e. The summed E-state index contributed by atoms with van der Waals surface area (Å²) < 4.78 is 47.6. The van der Waals surface area contributed by atoms with Gasteiger partial charge in [-0.05, 0) is 73.5 Å². The van der Waals surface area contributed by atoms with Gasteiger partial charge in [0.1, 0.15) is 5.00 Å². The summed E-state index contributed by atoms with van der Waals surface area (Å²) in [7, 11) is 0. The molecule has 2 fully saturated rings. The van der Waals surface area contributed by atoms with Gasteiger partial charge in [-0.1, -0.05) is 0 Å². The molecule has 0 amide bonds. The number of benzene rings is 1. The Hall–Kier alpha value is -3.14. The van der Waals surface area contributed by atoms with Crippen molar-refractivity contribution in [2.24, 2.45) is 11.8 Å². The molecule has 4 aromatic rings. The van der Waals surface area contributed by atoms with E-state index in [4.69, 9.17) is 0 Å². The molecule has 1 saturated heterocycles. The Bertz CT molecular complexity index is 1340. The van der Waals surface area contributed by atoms with Gasteiger partial charge in [-0.25, -0.2) is 17.7 Å². The van der Waals surface area contributed by atoms with Gasteiger partial charge >= 0.3 is 0 Å². The van der Waals surface area contributed by atoms with Crippen molar-refractivity contribution in [3.05, 3.63) is 59.7 Å². The van der Waals surface area contributed by atoms with E-state index in [1.165, 1.54) is 15.6 Å². The number of piperidine rings is 1. The second-order valence-electron chi connectivity index (χ2n) is 8.83. The van der Waals surface area contributed by atoms with Crippen LogP contribution in [0.5, 0.6) is 0 Å². The van der Waals surface area contributed by atoms with Crippen LogP contribution in [0.2, 0.25) is 0 Å². The van der Waals surface area contributed by atoms with Crippen molar-refractivity contribution in [1.29, 1.82) is 0 Å². The van der Waals surface area contributed by atoms with E-state index in [9.17, 15) is 13.2 Å². The average molecular weight is 471 g/mol. The third-order valence-electron chi connectivity index (χ3n) is 6.74. The van der Waals surface area contributed by atoms with Gasteiger partial charge in [0.2, 0.25) is 5.95 Å². The van der Waals surface area contributed by atoms with E-state index in [-0.39, 0.29) is 11.6 Å². The highest BCUT2D eigenvalue weighted by molar-refractivity contribution is 7.10. The molecule has 1 aromatic carbocycles. The summed E-state index contributed by atoms with van der Waals surface area (Å²) in [6, 6.07) is 7.84. The molecule has 33 heavy (non-hydrogen) atoms. The van der Waals surface area contributed by atoms with E-state index in [0.717, 1.165) is 37.7 Å². The molecule has 1 unspecified atom stereocenters. The molecule has 2 aliphatic rings. The molecule has 1 N–H and O–H groups in total. The van der Waals surface area contributed by atoms with Crippen LogP contribution < -0.4 is 10.2 Å². The molecule has 6 nitrogen and oxygen atoms in total. The molecule has 3 atom stereocenters. The Balaban J connectivity index is 1.28. The second kappa shape index (κ2) is 7.72. The monoisotopic (exact) mass is 470 g/mol. The van der Waals surface area contributed by atoms with E-state index >= 15 is 0 Å². The van der Waals surface area contributed by atoms with Gasteiger partial charge in [0.05, 0.1) is 5.69 Å². The molecule has 4 heterocycles. The number of aromatic nitrogens is 4. The van der Waals surface area contributed by atoms with Gasteiger partial charge in [-0.3, -0.25) is 0 Å². The predicted molar refractivity (Wildman–Crippen MR) is 121 cm³/mol. The summed E-state index contributed by atoms with van der Waals surface area (Å²) >= 11 is 1.55. The third-order valence-corrected chi connectivity index (χ3v) is 7.69. The maximum absolute atomic E-state index is 14.4. The van der Waals surface area contributed by atoms with Crippen molar-refractivity contribution in [1.82, 2.24) is 19.0 Å². The highest BCUT2D eigenvalue weighted by Crippen LogP contribution is 2.41. The lowest BCUT2D eigenvalue weighted by Crippen LogP contribution is -2.48. The fourth-order valence-electron chi connectivity index (χ4n) is 5.20. The number of anilines is 2. The van der Waals surface area contributed by atoms with Gasteiger partial charge in [0, 0.05) is 36.5 Å². The van der Waals surface area contributed by atoms with Crippen LogP contribution in [0.15, 0.2) is 36.5 Å². The number of fused-ring (bicyclic) bond motifs is 3. The van der Waals surface area contributed by atoms with Crippen LogP contribution >= 0.6 is 11.5 Å². The Kier molecular flexibility index (Phi) is 4.79. The summed E-state index contributed by atoms with van der Waals surface area (Å²) in [5.41, 5.74) is 1.74. The zero-order chi connectivity index (χ0) is 22.7. The van der Waals surface area contributed by atoms with Crippen molar-refractivity contribution < 1.29 is 13.2 Å². The lowest BCUT2D eigenvalue weighted by Gasteiger charge is -2.38. The summed E-state index contributed by atoms with van der Waals surface area (Å²) in [6.45, 7) is 3.92. The van der Waals surface area contributed by atoms with Crippen LogP contribution in [-0.4, -0.2) is 38.1 Å².